The molecule has 3 aromatic rings. The van der Waals surface area contributed by atoms with Gasteiger partial charge in [0.25, 0.3) is 0 Å². The molecule has 0 aliphatic rings. The molecule has 28 heavy (non-hydrogen) atoms. The summed E-state index contributed by atoms with van der Waals surface area (Å²) in [6, 6.07) is 19.2. The Bertz CT molecular complexity index is 878. The Morgan fingerprint density at radius 2 is 1.86 bits per heavy atom. The van der Waals surface area contributed by atoms with Crippen LogP contribution in [0.4, 0.5) is 4.39 Å². The zero-order valence-corrected chi connectivity index (χ0v) is 16.8. The van der Waals surface area contributed by atoms with Gasteiger partial charge in [0.2, 0.25) is 5.91 Å². The summed E-state index contributed by atoms with van der Waals surface area (Å²) in [6.07, 6.45) is 1.48. The van der Waals surface area contributed by atoms with Gasteiger partial charge in [-0.2, -0.15) is 0 Å². The molecular weight excluding hydrogens is 371 g/mol. The predicted molar refractivity (Wildman–Crippen MR) is 113 cm³/mol. The first-order valence-electron chi connectivity index (χ1n) is 9.53. The van der Waals surface area contributed by atoms with Crippen LogP contribution < -0.4 is 10.6 Å². The minimum absolute atomic E-state index is 0.0248. The summed E-state index contributed by atoms with van der Waals surface area (Å²) in [6.45, 7) is 2.75. The van der Waals surface area contributed by atoms with E-state index in [2.05, 4.69) is 47.9 Å². The third kappa shape index (κ3) is 5.50. The van der Waals surface area contributed by atoms with Crippen LogP contribution in [0.15, 0.2) is 66.0 Å². The molecule has 3 nitrogen and oxygen atoms in total. The monoisotopic (exact) mass is 396 g/mol. The van der Waals surface area contributed by atoms with Crippen molar-refractivity contribution >= 4 is 17.2 Å². The van der Waals surface area contributed by atoms with Gasteiger partial charge < -0.3 is 5.32 Å². The maximum atomic E-state index is 13.6. The number of hydrogen-bond donors (Lipinski definition) is 2. The van der Waals surface area contributed by atoms with Crippen molar-refractivity contribution in [2.24, 2.45) is 0 Å². The summed E-state index contributed by atoms with van der Waals surface area (Å²) in [5.41, 5.74) is 3.04. The highest BCUT2D eigenvalue weighted by Crippen LogP contribution is 2.26. The van der Waals surface area contributed by atoms with Crippen molar-refractivity contribution in [3.05, 3.63) is 93.4 Å². The number of hydrogen-bond acceptors (Lipinski definition) is 3. The van der Waals surface area contributed by atoms with Crippen LogP contribution in [0, 0.1) is 5.82 Å². The molecule has 2 N–H and O–H groups in total. The Kier molecular flexibility index (Phi) is 7.34. The maximum absolute atomic E-state index is 13.6. The van der Waals surface area contributed by atoms with Gasteiger partial charge in [0, 0.05) is 11.4 Å². The first-order chi connectivity index (χ1) is 13.7. The average molecular weight is 397 g/mol. The minimum atomic E-state index is -0.233. The molecule has 1 heterocycles. The number of amides is 1. The highest BCUT2D eigenvalue weighted by atomic mass is 32.1. The zero-order chi connectivity index (χ0) is 19.8. The highest BCUT2D eigenvalue weighted by Gasteiger charge is 2.16. The second kappa shape index (κ2) is 10.2. The second-order valence-electron chi connectivity index (χ2n) is 6.62. The molecule has 5 heteroatoms. The van der Waals surface area contributed by atoms with Crippen LogP contribution in [-0.2, 0) is 17.6 Å². The number of benzene rings is 2. The Morgan fingerprint density at radius 3 is 2.54 bits per heavy atom. The Labute approximate surface area is 169 Å². The molecule has 146 valence electrons. The van der Waals surface area contributed by atoms with Crippen LogP contribution in [0.5, 0.6) is 0 Å². The molecule has 0 fully saturated rings. The van der Waals surface area contributed by atoms with E-state index in [1.165, 1.54) is 16.5 Å². The largest absolute Gasteiger partial charge is 0.355 e. The summed E-state index contributed by atoms with van der Waals surface area (Å²) in [5.74, 6) is -0.328. The molecule has 0 saturated heterocycles. The molecule has 0 aliphatic heterocycles. The van der Waals surface area contributed by atoms with E-state index in [0.717, 1.165) is 12.0 Å². The van der Waals surface area contributed by atoms with E-state index in [9.17, 15) is 9.18 Å². The molecule has 3 rings (SSSR count). The van der Waals surface area contributed by atoms with Crippen molar-refractivity contribution in [2.75, 3.05) is 13.1 Å². The lowest BCUT2D eigenvalue weighted by atomic mass is 10.0. The van der Waals surface area contributed by atoms with Crippen molar-refractivity contribution in [1.82, 2.24) is 10.6 Å². The highest BCUT2D eigenvalue weighted by molar-refractivity contribution is 7.10. The quantitative estimate of drug-likeness (QED) is 0.560. The lowest BCUT2D eigenvalue weighted by Crippen LogP contribution is -2.36. The Morgan fingerprint density at radius 1 is 1.07 bits per heavy atom. The van der Waals surface area contributed by atoms with Crippen LogP contribution in [0.3, 0.4) is 0 Å². The fourth-order valence-electron chi connectivity index (χ4n) is 3.08. The molecule has 1 aromatic heterocycles. The number of rotatable bonds is 9. The molecule has 1 atom stereocenters. The Balaban J connectivity index is 1.55. The topological polar surface area (TPSA) is 41.1 Å². The molecule has 0 bridgehead atoms. The summed E-state index contributed by atoms with van der Waals surface area (Å²) in [5, 5.41) is 8.26. The minimum Gasteiger partial charge on any atom is -0.355 e. The van der Waals surface area contributed by atoms with Gasteiger partial charge in [-0.1, -0.05) is 55.5 Å². The summed E-state index contributed by atoms with van der Waals surface area (Å²) < 4.78 is 13.6. The van der Waals surface area contributed by atoms with E-state index in [0.29, 0.717) is 18.5 Å². The van der Waals surface area contributed by atoms with Gasteiger partial charge in [-0.25, -0.2) is 4.39 Å². The average Bonchev–Trinajstić information content (AvgIpc) is 3.24. The fourth-order valence-corrected chi connectivity index (χ4v) is 3.91. The van der Waals surface area contributed by atoms with Crippen LogP contribution in [0.2, 0.25) is 0 Å². The molecule has 2 aromatic carbocycles. The SMILES string of the molecule is CCc1ccc([C@H](NCC(=O)NCCc2ccccc2F)c2cccs2)cc1. The fraction of sp³-hybridized carbons (Fsp3) is 0.261. The van der Waals surface area contributed by atoms with E-state index >= 15 is 0 Å². The molecular formula is C23H25FN2OS. The normalized spacial score (nSPS) is 11.9. The number of thiophene rings is 1. The molecule has 0 spiro atoms. The number of nitrogens with one attached hydrogen (secondary N) is 2. The number of carbonyl (C=O) groups excluding carboxylic acids is 1. The number of aryl methyl sites for hydroxylation is 1. The summed E-state index contributed by atoms with van der Waals surface area (Å²) in [4.78, 5) is 13.4. The number of halogens is 1. The van der Waals surface area contributed by atoms with Crippen molar-refractivity contribution in [3.63, 3.8) is 0 Å². The third-order valence-electron chi connectivity index (χ3n) is 4.69. The second-order valence-corrected chi connectivity index (χ2v) is 7.60. The van der Waals surface area contributed by atoms with Gasteiger partial charge in [-0.3, -0.25) is 10.1 Å². The first-order valence-corrected chi connectivity index (χ1v) is 10.4. The van der Waals surface area contributed by atoms with Gasteiger partial charge in [0.1, 0.15) is 5.82 Å². The van der Waals surface area contributed by atoms with Gasteiger partial charge in [-0.05, 0) is 47.0 Å². The van der Waals surface area contributed by atoms with Crippen molar-refractivity contribution in [2.45, 2.75) is 25.8 Å². The predicted octanol–water partition coefficient (Wildman–Crippen LogP) is 4.49. The summed E-state index contributed by atoms with van der Waals surface area (Å²) in [7, 11) is 0. The molecule has 0 saturated carbocycles. The Hall–Kier alpha value is -2.50. The van der Waals surface area contributed by atoms with Gasteiger partial charge in [0.05, 0.1) is 12.6 Å². The lowest BCUT2D eigenvalue weighted by Gasteiger charge is -2.18. The van der Waals surface area contributed by atoms with E-state index in [4.69, 9.17) is 0 Å². The van der Waals surface area contributed by atoms with Crippen LogP contribution >= 0.6 is 11.3 Å². The zero-order valence-electron chi connectivity index (χ0n) is 16.0. The van der Waals surface area contributed by atoms with Crippen LogP contribution in [0.25, 0.3) is 0 Å². The maximum Gasteiger partial charge on any atom is 0.233 e. The van der Waals surface area contributed by atoms with E-state index in [1.54, 1.807) is 29.5 Å². The summed E-state index contributed by atoms with van der Waals surface area (Å²) >= 11 is 1.67. The van der Waals surface area contributed by atoms with Gasteiger partial charge in [-0.15, -0.1) is 11.3 Å². The van der Waals surface area contributed by atoms with E-state index in [-0.39, 0.29) is 24.3 Å². The van der Waals surface area contributed by atoms with Crippen LogP contribution in [0.1, 0.15) is 34.5 Å². The smallest absolute Gasteiger partial charge is 0.233 e. The van der Waals surface area contributed by atoms with Crippen molar-refractivity contribution in [1.29, 1.82) is 0 Å². The molecule has 0 radical (unpaired) electrons. The van der Waals surface area contributed by atoms with Gasteiger partial charge in [0.15, 0.2) is 0 Å². The van der Waals surface area contributed by atoms with Gasteiger partial charge >= 0.3 is 0 Å². The molecule has 1 amide bonds. The molecule has 0 unspecified atom stereocenters. The van der Waals surface area contributed by atoms with E-state index < -0.39 is 0 Å². The van der Waals surface area contributed by atoms with Crippen LogP contribution in [-0.4, -0.2) is 19.0 Å². The standard InChI is InChI=1S/C23H25FN2OS/c1-2-17-9-11-19(12-10-17)23(21-8-5-15-28-21)26-16-22(27)25-14-13-18-6-3-4-7-20(18)24/h3-12,15,23,26H,2,13-14,16H2,1H3,(H,25,27)/t23-/m0/s1. The number of carbonyl (C=O) groups is 1. The lowest BCUT2D eigenvalue weighted by molar-refractivity contribution is -0.120. The molecule has 0 aliphatic carbocycles. The van der Waals surface area contributed by atoms with Crippen molar-refractivity contribution in [3.8, 4) is 0 Å². The van der Waals surface area contributed by atoms with E-state index in [1.807, 2.05) is 11.4 Å². The third-order valence-corrected chi connectivity index (χ3v) is 5.63. The first kappa shape index (κ1) is 20.2. The van der Waals surface area contributed by atoms with Crippen molar-refractivity contribution < 1.29 is 9.18 Å².